The van der Waals surface area contributed by atoms with E-state index < -0.39 is 6.10 Å². The highest BCUT2D eigenvalue weighted by atomic mass is 16.5. The second-order valence-corrected chi connectivity index (χ2v) is 6.42. The Balaban J connectivity index is 1.50. The first-order valence-electron chi connectivity index (χ1n) is 8.92. The number of aliphatic hydroxyl groups is 1. The Kier molecular flexibility index (Phi) is 6.42. The highest BCUT2D eigenvalue weighted by Gasteiger charge is 2.06. The molecular weight excluding hydrogens is 322 g/mol. The summed E-state index contributed by atoms with van der Waals surface area (Å²) < 4.78 is 5.93. The highest BCUT2D eigenvalue weighted by molar-refractivity contribution is 5.30. The fourth-order valence-electron chi connectivity index (χ4n) is 2.82. The smallest absolute Gasteiger partial charge is 0.120 e. The summed E-state index contributed by atoms with van der Waals surface area (Å²) in [6, 6.07) is 26.0. The molecule has 134 valence electrons. The third kappa shape index (κ3) is 5.19. The van der Waals surface area contributed by atoms with E-state index in [4.69, 9.17) is 4.74 Å². The minimum absolute atomic E-state index is 0.503. The maximum Gasteiger partial charge on any atom is 0.120 e. The first-order chi connectivity index (χ1) is 12.7. The molecule has 0 unspecified atom stereocenters. The predicted molar refractivity (Wildman–Crippen MR) is 105 cm³/mol. The fraction of sp³-hybridized carbons (Fsp3) is 0.217. The van der Waals surface area contributed by atoms with E-state index >= 15 is 0 Å². The van der Waals surface area contributed by atoms with E-state index in [0.717, 1.165) is 16.9 Å². The minimum atomic E-state index is -0.503. The van der Waals surface area contributed by atoms with Gasteiger partial charge in [-0.1, -0.05) is 66.7 Å². The van der Waals surface area contributed by atoms with Gasteiger partial charge in [0.25, 0.3) is 0 Å². The lowest BCUT2D eigenvalue weighted by Gasteiger charge is -2.13. The number of nitrogens with one attached hydrogen (secondary N) is 1. The lowest BCUT2D eigenvalue weighted by atomic mass is 10.1. The van der Waals surface area contributed by atoms with Gasteiger partial charge < -0.3 is 15.2 Å². The van der Waals surface area contributed by atoms with Gasteiger partial charge in [-0.05, 0) is 41.3 Å². The first kappa shape index (κ1) is 18.2. The Bertz CT molecular complexity index is 817. The molecule has 0 heterocycles. The van der Waals surface area contributed by atoms with Crippen LogP contribution in [-0.4, -0.2) is 11.7 Å². The van der Waals surface area contributed by atoms with Crippen LogP contribution in [-0.2, 0) is 13.2 Å². The lowest BCUT2D eigenvalue weighted by molar-refractivity contribution is 0.174. The van der Waals surface area contributed by atoms with Gasteiger partial charge in [0.1, 0.15) is 12.4 Å². The van der Waals surface area contributed by atoms with E-state index in [1.54, 1.807) is 0 Å². The van der Waals surface area contributed by atoms with E-state index in [0.29, 0.717) is 19.7 Å². The van der Waals surface area contributed by atoms with Crippen LogP contribution in [0, 0.1) is 6.92 Å². The number of aliphatic hydroxyl groups excluding tert-OH is 1. The van der Waals surface area contributed by atoms with Gasteiger partial charge in [-0.15, -0.1) is 0 Å². The van der Waals surface area contributed by atoms with Gasteiger partial charge in [0.2, 0.25) is 0 Å². The molecule has 1 atom stereocenters. The van der Waals surface area contributed by atoms with Crippen LogP contribution in [0.1, 0.15) is 28.4 Å². The van der Waals surface area contributed by atoms with E-state index in [1.165, 1.54) is 11.1 Å². The molecule has 0 amide bonds. The van der Waals surface area contributed by atoms with Crippen LogP contribution in [0.4, 0.5) is 0 Å². The molecule has 2 N–H and O–H groups in total. The molecule has 3 heteroatoms. The van der Waals surface area contributed by atoms with Crippen molar-refractivity contribution in [3.8, 4) is 5.75 Å². The second kappa shape index (κ2) is 9.18. The molecule has 0 aromatic heterocycles. The zero-order chi connectivity index (χ0) is 18.2. The largest absolute Gasteiger partial charge is 0.489 e. The van der Waals surface area contributed by atoms with E-state index in [9.17, 15) is 5.11 Å². The topological polar surface area (TPSA) is 41.5 Å². The van der Waals surface area contributed by atoms with Crippen molar-refractivity contribution in [1.82, 2.24) is 5.32 Å². The molecule has 0 fully saturated rings. The van der Waals surface area contributed by atoms with Crippen LogP contribution in [0.2, 0.25) is 0 Å². The Hall–Kier alpha value is -2.62. The van der Waals surface area contributed by atoms with Crippen molar-refractivity contribution in [1.29, 1.82) is 0 Å². The van der Waals surface area contributed by atoms with Gasteiger partial charge in [0.05, 0.1) is 6.10 Å². The molecule has 3 nitrogen and oxygen atoms in total. The summed E-state index contributed by atoms with van der Waals surface area (Å²) in [6.07, 6.45) is -0.503. The van der Waals surface area contributed by atoms with Crippen LogP contribution in [0.3, 0.4) is 0 Å². The van der Waals surface area contributed by atoms with Gasteiger partial charge in [0.15, 0.2) is 0 Å². The number of aryl methyl sites for hydroxylation is 1. The third-order valence-electron chi connectivity index (χ3n) is 4.41. The molecule has 0 saturated heterocycles. The van der Waals surface area contributed by atoms with Crippen molar-refractivity contribution in [3.05, 3.63) is 101 Å². The standard InChI is InChI=1S/C23H25NO2/c1-18-8-5-6-12-21(18)17-26-22-13-7-9-19(14-22)15-24-16-23(25)20-10-3-2-4-11-20/h2-14,23-25H,15-17H2,1H3/t23-/m1/s1. The molecule has 3 aromatic rings. The number of rotatable bonds is 8. The molecule has 0 bridgehead atoms. The van der Waals surface area contributed by atoms with Crippen LogP contribution >= 0.6 is 0 Å². The summed E-state index contributed by atoms with van der Waals surface area (Å²) in [5, 5.41) is 13.5. The van der Waals surface area contributed by atoms with Crippen molar-refractivity contribution in [2.24, 2.45) is 0 Å². The summed E-state index contributed by atoms with van der Waals surface area (Å²) in [7, 11) is 0. The molecule has 3 rings (SSSR count). The zero-order valence-corrected chi connectivity index (χ0v) is 15.1. The lowest BCUT2D eigenvalue weighted by Crippen LogP contribution is -2.21. The fourth-order valence-corrected chi connectivity index (χ4v) is 2.82. The van der Waals surface area contributed by atoms with Crippen molar-refractivity contribution in [2.75, 3.05) is 6.54 Å². The molecule has 0 spiro atoms. The quantitative estimate of drug-likeness (QED) is 0.635. The number of benzene rings is 3. The Morgan fingerprint density at radius 3 is 2.50 bits per heavy atom. The third-order valence-corrected chi connectivity index (χ3v) is 4.41. The maximum atomic E-state index is 10.2. The van der Waals surface area contributed by atoms with Crippen molar-refractivity contribution >= 4 is 0 Å². The number of hydrogen-bond acceptors (Lipinski definition) is 3. The molecule has 3 aromatic carbocycles. The number of ether oxygens (including phenoxy) is 1. The van der Waals surface area contributed by atoms with Crippen molar-refractivity contribution in [2.45, 2.75) is 26.2 Å². The Morgan fingerprint density at radius 1 is 0.923 bits per heavy atom. The zero-order valence-electron chi connectivity index (χ0n) is 15.1. The first-order valence-corrected chi connectivity index (χ1v) is 8.92. The van der Waals surface area contributed by atoms with Gasteiger partial charge >= 0.3 is 0 Å². The van der Waals surface area contributed by atoms with Gasteiger partial charge in [-0.3, -0.25) is 0 Å². The summed E-state index contributed by atoms with van der Waals surface area (Å²) in [4.78, 5) is 0. The summed E-state index contributed by atoms with van der Waals surface area (Å²) in [5.74, 6) is 0.858. The van der Waals surface area contributed by atoms with E-state index in [-0.39, 0.29) is 0 Å². The highest BCUT2D eigenvalue weighted by Crippen LogP contribution is 2.17. The van der Waals surface area contributed by atoms with Crippen LogP contribution in [0.25, 0.3) is 0 Å². The van der Waals surface area contributed by atoms with Crippen LogP contribution in [0.5, 0.6) is 5.75 Å². The molecule has 0 radical (unpaired) electrons. The van der Waals surface area contributed by atoms with Gasteiger partial charge in [-0.2, -0.15) is 0 Å². The van der Waals surface area contributed by atoms with Crippen molar-refractivity contribution in [3.63, 3.8) is 0 Å². The molecule has 0 saturated carbocycles. The molecule has 0 aliphatic heterocycles. The minimum Gasteiger partial charge on any atom is -0.489 e. The predicted octanol–water partition coefficient (Wildman–Crippen LogP) is 4.40. The summed E-state index contributed by atoms with van der Waals surface area (Å²) in [6.45, 7) is 3.86. The molecular formula is C23H25NO2. The maximum absolute atomic E-state index is 10.2. The van der Waals surface area contributed by atoms with Gasteiger partial charge in [-0.25, -0.2) is 0 Å². The van der Waals surface area contributed by atoms with E-state index in [2.05, 4.69) is 30.4 Å². The number of hydrogen-bond donors (Lipinski definition) is 2. The van der Waals surface area contributed by atoms with Crippen molar-refractivity contribution < 1.29 is 9.84 Å². The van der Waals surface area contributed by atoms with Crippen LogP contribution in [0.15, 0.2) is 78.9 Å². The van der Waals surface area contributed by atoms with Gasteiger partial charge in [0, 0.05) is 13.1 Å². The SMILES string of the molecule is Cc1ccccc1COc1cccc(CNC[C@@H](O)c2ccccc2)c1. The second-order valence-electron chi connectivity index (χ2n) is 6.42. The average Bonchev–Trinajstić information content (AvgIpc) is 2.68. The molecule has 0 aliphatic carbocycles. The average molecular weight is 347 g/mol. The Morgan fingerprint density at radius 2 is 1.69 bits per heavy atom. The van der Waals surface area contributed by atoms with E-state index in [1.807, 2.05) is 60.7 Å². The summed E-state index contributed by atoms with van der Waals surface area (Å²) in [5.41, 5.74) is 4.49. The Labute approximate surface area is 155 Å². The monoisotopic (exact) mass is 347 g/mol. The molecule has 0 aliphatic rings. The van der Waals surface area contributed by atoms with Crippen LogP contribution < -0.4 is 10.1 Å². The normalized spacial score (nSPS) is 11.9. The summed E-state index contributed by atoms with van der Waals surface area (Å²) >= 11 is 0. The molecule has 26 heavy (non-hydrogen) atoms.